The average Bonchev–Trinajstić information content (AvgIpc) is 2.73. The summed E-state index contributed by atoms with van der Waals surface area (Å²) < 4.78 is 6.09. The average molecular weight is 390 g/mol. The van der Waals surface area contributed by atoms with Crippen LogP contribution in [0.1, 0.15) is 22.3 Å². The summed E-state index contributed by atoms with van der Waals surface area (Å²) in [6.07, 6.45) is 2.91. The molecule has 5 nitrogen and oxygen atoms in total. The Morgan fingerprint density at radius 3 is 2.48 bits per heavy atom. The molecule has 0 saturated heterocycles. The van der Waals surface area contributed by atoms with Gasteiger partial charge in [-0.2, -0.15) is 0 Å². The number of rotatable bonds is 8. The molecule has 0 heterocycles. The predicted octanol–water partition coefficient (Wildman–Crippen LogP) is 4.37. The first kappa shape index (κ1) is 20.6. The Labute approximate surface area is 171 Å². The SMILES string of the molecule is CN(C)C/C(=C\c1ccc(C(=O)NO)cc1)CCOc1cccc2ccccc12. The van der Waals surface area contributed by atoms with Gasteiger partial charge in [-0.25, -0.2) is 5.48 Å². The normalized spacial score (nSPS) is 11.7. The monoisotopic (exact) mass is 390 g/mol. The highest BCUT2D eigenvalue weighted by Gasteiger charge is 2.06. The number of hydrogen-bond donors (Lipinski definition) is 2. The summed E-state index contributed by atoms with van der Waals surface area (Å²) in [6, 6.07) is 21.4. The first-order valence-corrected chi connectivity index (χ1v) is 9.56. The zero-order chi connectivity index (χ0) is 20.6. The zero-order valence-corrected chi connectivity index (χ0v) is 16.8. The van der Waals surface area contributed by atoms with Gasteiger partial charge in [0.1, 0.15) is 5.75 Å². The largest absolute Gasteiger partial charge is 0.493 e. The van der Waals surface area contributed by atoms with Crippen LogP contribution in [0.15, 0.2) is 72.3 Å². The van der Waals surface area contributed by atoms with E-state index in [2.05, 4.69) is 29.2 Å². The van der Waals surface area contributed by atoms with Gasteiger partial charge in [-0.3, -0.25) is 10.0 Å². The number of carbonyl (C=O) groups is 1. The standard InChI is InChI=1S/C24H26N2O3/c1-26(2)17-19(16-18-10-12-21(13-11-18)24(27)25-28)14-15-29-23-9-5-7-20-6-3-4-8-22(20)23/h3-13,16,28H,14-15,17H2,1-2H3,(H,25,27)/b19-16-. The molecular weight excluding hydrogens is 364 g/mol. The summed E-state index contributed by atoms with van der Waals surface area (Å²) >= 11 is 0. The van der Waals surface area contributed by atoms with Gasteiger partial charge in [-0.1, -0.05) is 60.2 Å². The molecule has 0 saturated carbocycles. The van der Waals surface area contributed by atoms with E-state index in [-0.39, 0.29) is 0 Å². The number of likely N-dealkylation sites (N-methyl/N-ethyl adjacent to an activating group) is 1. The Morgan fingerprint density at radius 1 is 1.03 bits per heavy atom. The summed E-state index contributed by atoms with van der Waals surface area (Å²) in [5, 5.41) is 11.0. The second-order valence-electron chi connectivity index (χ2n) is 7.18. The number of hydrogen-bond acceptors (Lipinski definition) is 4. The smallest absolute Gasteiger partial charge is 0.274 e. The van der Waals surface area contributed by atoms with Crippen LogP contribution in [-0.2, 0) is 0 Å². The highest BCUT2D eigenvalue weighted by atomic mass is 16.5. The number of amides is 1. The third-order valence-corrected chi connectivity index (χ3v) is 4.59. The predicted molar refractivity (Wildman–Crippen MR) is 116 cm³/mol. The van der Waals surface area contributed by atoms with Crippen molar-refractivity contribution in [2.24, 2.45) is 0 Å². The molecule has 5 heteroatoms. The molecule has 3 aromatic carbocycles. The van der Waals surface area contributed by atoms with Crippen LogP contribution >= 0.6 is 0 Å². The van der Waals surface area contributed by atoms with Crippen molar-refractivity contribution in [3.8, 4) is 5.75 Å². The lowest BCUT2D eigenvalue weighted by atomic mass is 10.1. The Kier molecular flexibility index (Phi) is 7.00. The quantitative estimate of drug-likeness (QED) is 0.443. The van der Waals surface area contributed by atoms with Gasteiger partial charge in [-0.05, 0) is 43.2 Å². The Balaban J connectivity index is 1.70. The third-order valence-electron chi connectivity index (χ3n) is 4.59. The summed E-state index contributed by atoms with van der Waals surface area (Å²) in [5.41, 5.74) is 4.29. The minimum atomic E-state index is -0.516. The fourth-order valence-corrected chi connectivity index (χ4v) is 3.25. The van der Waals surface area contributed by atoms with Crippen molar-refractivity contribution in [3.63, 3.8) is 0 Å². The highest BCUT2D eigenvalue weighted by molar-refractivity contribution is 5.93. The van der Waals surface area contributed by atoms with Crippen LogP contribution in [-0.4, -0.2) is 43.3 Å². The maximum absolute atomic E-state index is 11.5. The van der Waals surface area contributed by atoms with Gasteiger partial charge in [0.15, 0.2) is 0 Å². The summed E-state index contributed by atoms with van der Waals surface area (Å²) in [7, 11) is 4.07. The molecule has 150 valence electrons. The van der Waals surface area contributed by atoms with Crippen molar-refractivity contribution in [2.45, 2.75) is 6.42 Å². The number of nitrogens with one attached hydrogen (secondary N) is 1. The minimum Gasteiger partial charge on any atom is -0.493 e. The highest BCUT2D eigenvalue weighted by Crippen LogP contribution is 2.25. The summed E-state index contributed by atoms with van der Waals surface area (Å²) in [4.78, 5) is 13.6. The van der Waals surface area contributed by atoms with E-state index < -0.39 is 5.91 Å². The van der Waals surface area contributed by atoms with Gasteiger partial charge in [-0.15, -0.1) is 0 Å². The van der Waals surface area contributed by atoms with Crippen LogP contribution in [0.5, 0.6) is 5.75 Å². The van der Waals surface area contributed by atoms with Crippen molar-refractivity contribution in [1.29, 1.82) is 0 Å². The molecular formula is C24H26N2O3. The lowest BCUT2D eigenvalue weighted by molar-refractivity contribution is 0.0706. The van der Waals surface area contributed by atoms with Crippen LogP contribution in [0.4, 0.5) is 0 Å². The van der Waals surface area contributed by atoms with E-state index >= 15 is 0 Å². The molecule has 29 heavy (non-hydrogen) atoms. The molecule has 3 aromatic rings. The van der Waals surface area contributed by atoms with Crippen LogP contribution in [0.25, 0.3) is 16.8 Å². The Hall–Kier alpha value is -3.15. The fourth-order valence-electron chi connectivity index (χ4n) is 3.25. The van der Waals surface area contributed by atoms with Gasteiger partial charge in [0.2, 0.25) is 0 Å². The lowest BCUT2D eigenvalue weighted by Gasteiger charge is -2.15. The van der Waals surface area contributed by atoms with Gasteiger partial charge < -0.3 is 9.64 Å². The molecule has 0 atom stereocenters. The maximum atomic E-state index is 11.5. The molecule has 0 bridgehead atoms. The van der Waals surface area contributed by atoms with Crippen molar-refractivity contribution in [1.82, 2.24) is 10.4 Å². The molecule has 0 spiro atoms. The van der Waals surface area contributed by atoms with E-state index in [4.69, 9.17) is 9.94 Å². The van der Waals surface area contributed by atoms with Crippen LogP contribution < -0.4 is 10.2 Å². The van der Waals surface area contributed by atoms with Crippen molar-refractivity contribution in [3.05, 3.63) is 83.4 Å². The molecule has 1 amide bonds. The van der Waals surface area contributed by atoms with Crippen molar-refractivity contribution in [2.75, 3.05) is 27.2 Å². The van der Waals surface area contributed by atoms with E-state index in [0.717, 1.165) is 29.7 Å². The van der Waals surface area contributed by atoms with Gasteiger partial charge in [0, 0.05) is 23.9 Å². The molecule has 0 unspecified atom stereocenters. The molecule has 0 aliphatic carbocycles. The number of fused-ring (bicyclic) bond motifs is 1. The minimum absolute atomic E-state index is 0.415. The van der Waals surface area contributed by atoms with Crippen LogP contribution in [0.2, 0.25) is 0 Å². The fraction of sp³-hybridized carbons (Fsp3) is 0.208. The van der Waals surface area contributed by atoms with E-state index in [1.54, 1.807) is 17.6 Å². The molecule has 0 aromatic heterocycles. The molecule has 3 rings (SSSR count). The molecule has 0 fully saturated rings. The third kappa shape index (κ3) is 5.67. The van der Waals surface area contributed by atoms with Crippen molar-refractivity contribution >= 4 is 22.8 Å². The second kappa shape index (κ2) is 9.87. The molecule has 2 N–H and O–H groups in total. The number of hydroxylamine groups is 1. The van der Waals surface area contributed by atoms with Gasteiger partial charge in [0.25, 0.3) is 5.91 Å². The summed E-state index contributed by atoms with van der Waals surface area (Å²) in [6.45, 7) is 1.40. The molecule has 0 radical (unpaired) electrons. The van der Waals surface area contributed by atoms with E-state index in [1.165, 1.54) is 11.0 Å². The van der Waals surface area contributed by atoms with Gasteiger partial charge >= 0.3 is 0 Å². The zero-order valence-electron chi connectivity index (χ0n) is 16.8. The molecule has 0 aliphatic rings. The number of nitrogens with zero attached hydrogens (tertiary/aromatic N) is 1. The van der Waals surface area contributed by atoms with E-state index in [0.29, 0.717) is 12.2 Å². The second-order valence-corrected chi connectivity index (χ2v) is 7.18. The lowest BCUT2D eigenvalue weighted by Crippen LogP contribution is -2.18. The van der Waals surface area contributed by atoms with Gasteiger partial charge in [0.05, 0.1) is 6.61 Å². The first-order valence-electron chi connectivity index (χ1n) is 9.56. The van der Waals surface area contributed by atoms with E-state index in [9.17, 15) is 4.79 Å². The van der Waals surface area contributed by atoms with Crippen LogP contribution in [0.3, 0.4) is 0 Å². The Morgan fingerprint density at radius 2 is 1.76 bits per heavy atom. The molecule has 0 aliphatic heterocycles. The number of carbonyl (C=O) groups excluding carboxylic acids is 1. The number of ether oxygens (including phenoxy) is 1. The van der Waals surface area contributed by atoms with E-state index in [1.807, 2.05) is 50.5 Å². The summed E-state index contributed by atoms with van der Waals surface area (Å²) in [5.74, 6) is 0.379. The first-order chi connectivity index (χ1) is 14.1. The number of benzene rings is 3. The topological polar surface area (TPSA) is 61.8 Å². The van der Waals surface area contributed by atoms with Crippen LogP contribution in [0, 0.1) is 0 Å². The maximum Gasteiger partial charge on any atom is 0.274 e. The Bertz CT molecular complexity index is 989. The van der Waals surface area contributed by atoms with Crippen molar-refractivity contribution < 1.29 is 14.7 Å².